The maximum atomic E-state index is 12.5. The Hall–Kier alpha value is -3.46. The van der Waals surface area contributed by atoms with Crippen LogP contribution in [0.15, 0.2) is 48.5 Å². The summed E-state index contributed by atoms with van der Waals surface area (Å²) in [4.78, 5) is 23.4. The highest BCUT2D eigenvalue weighted by Gasteiger charge is 2.20. The molecule has 6 nitrogen and oxygen atoms in total. The average Bonchev–Trinajstić information content (AvgIpc) is 2.93. The highest BCUT2D eigenvalue weighted by Crippen LogP contribution is 2.31. The predicted octanol–water partition coefficient (Wildman–Crippen LogP) is 2.26. The van der Waals surface area contributed by atoms with E-state index in [1.807, 2.05) is 22.7 Å². The fraction of sp³-hybridized carbons (Fsp3) is 0.111. The summed E-state index contributed by atoms with van der Waals surface area (Å²) in [5.41, 5.74) is 2.02. The van der Waals surface area contributed by atoms with Gasteiger partial charge in [0.15, 0.2) is 0 Å². The monoisotopic (exact) mass is 319 g/mol. The van der Waals surface area contributed by atoms with E-state index in [0.29, 0.717) is 34.6 Å². The van der Waals surface area contributed by atoms with Gasteiger partial charge >= 0.3 is 0 Å². The van der Waals surface area contributed by atoms with Crippen molar-refractivity contribution in [2.75, 3.05) is 5.32 Å². The molecule has 0 bridgehead atoms. The summed E-state index contributed by atoms with van der Waals surface area (Å²) < 4.78 is 1.82. The lowest BCUT2D eigenvalue weighted by molar-refractivity contribution is -0.379. The number of amides is 1. The van der Waals surface area contributed by atoms with Crippen LogP contribution in [0.4, 0.5) is 11.5 Å². The van der Waals surface area contributed by atoms with Gasteiger partial charge in [-0.05, 0) is 25.1 Å². The molecule has 0 aliphatic heterocycles. The number of rotatable bonds is 4. The fourth-order valence-electron chi connectivity index (χ4n) is 2.75. The number of carbonyl (C=O) groups is 1. The molecule has 0 radical (unpaired) electrons. The van der Waals surface area contributed by atoms with Crippen molar-refractivity contribution < 1.29 is 9.97 Å². The molecule has 0 fully saturated rings. The van der Waals surface area contributed by atoms with Gasteiger partial charge in [-0.25, -0.2) is 0 Å². The van der Waals surface area contributed by atoms with Gasteiger partial charge < -0.3 is 9.88 Å². The number of benzene rings is 2. The highest BCUT2D eigenvalue weighted by molar-refractivity contribution is 6.07. The zero-order valence-electron chi connectivity index (χ0n) is 13.0. The first kappa shape index (κ1) is 15.4. The number of nitroso groups, excluding NO2 is 1. The zero-order chi connectivity index (χ0) is 17.1. The molecule has 0 atom stereocenters. The van der Waals surface area contributed by atoms with E-state index >= 15 is 0 Å². The second kappa shape index (κ2) is 6.34. The molecule has 0 aliphatic carbocycles. The van der Waals surface area contributed by atoms with Crippen molar-refractivity contribution >= 4 is 28.3 Å². The molecule has 3 aromatic rings. The first-order chi connectivity index (χ1) is 11.7. The van der Waals surface area contributed by atoms with E-state index < -0.39 is 0 Å². The molecule has 6 heteroatoms. The molecule has 0 saturated heterocycles. The lowest BCUT2D eigenvalue weighted by Crippen LogP contribution is -2.55. The van der Waals surface area contributed by atoms with E-state index in [0.717, 1.165) is 5.52 Å². The van der Waals surface area contributed by atoms with Gasteiger partial charge in [-0.15, -0.1) is 0 Å². The number of fused-ring (bicyclic) bond motifs is 1. The topological polar surface area (TPSA) is 88.9 Å². The van der Waals surface area contributed by atoms with Crippen LogP contribution in [0, 0.1) is 16.2 Å². The zero-order valence-corrected chi connectivity index (χ0v) is 13.0. The van der Waals surface area contributed by atoms with Crippen LogP contribution >= 0.6 is 0 Å². The Kier molecular flexibility index (Phi) is 4.08. The first-order valence-electron chi connectivity index (χ1n) is 7.50. The lowest BCUT2D eigenvalue weighted by Gasteiger charge is -2.10. The Morgan fingerprint density at radius 3 is 2.62 bits per heavy atom. The predicted molar refractivity (Wildman–Crippen MR) is 90.7 cm³/mol. The largest absolute Gasteiger partial charge is 0.326 e. The molecule has 1 amide bonds. The van der Waals surface area contributed by atoms with Crippen LogP contribution < -0.4 is 10.5 Å². The van der Waals surface area contributed by atoms with Crippen LogP contribution in [0.25, 0.3) is 10.9 Å². The van der Waals surface area contributed by atoms with Crippen molar-refractivity contribution in [3.05, 3.63) is 64.6 Å². The van der Waals surface area contributed by atoms with Crippen molar-refractivity contribution in [2.24, 2.45) is 0 Å². The Morgan fingerprint density at radius 2 is 2.00 bits per heavy atom. The molecule has 0 saturated carbocycles. The van der Waals surface area contributed by atoms with Crippen LogP contribution in [0.3, 0.4) is 0 Å². The first-order valence-corrected chi connectivity index (χ1v) is 7.50. The van der Waals surface area contributed by atoms with Gasteiger partial charge in [-0.2, -0.15) is 5.26 Å². The minimum atomic E-state index is -0.285. The van der Waals surface area contributed by atoms with Crippen LogP contribution in [0.1, 0.15) is 22.8 Å². The standard InChI is InChI=1S/C18H14N4O2/c1-2-22-16-10-13(21-24)8-9-14(16)15(11-19)17(22)20-18(23)12-6-4-3-5-7-12/h3-10H,2H2,1H3,(H,20,23)/p+1. The van der Waals surface area contributed by atoms with Crippen molar-refractivity contribution in [1.29, 1.82) is 5.26 Å². The van der Waals surface area contributed by atoms with Crippen molar-refractivity contribution in [2.45, 2.75) is 13.5 Å². The van der Waals surface area contributed by atoms with E-state index in [2.05, 4.69) is 11.4 Å². The Bertz CT molecular complexity index is 968. The normalized spacial score (nSPS) is 10.3. The highest BCUT2D eigenvalue weighted by atomic mass is 16.3. The summed E-state index contributed by atoms with van der Waals surface area (Å²) in [5, 5.41) is 14.9. The number of nitrogens with zero attached hydrogens (tertiary/aromatic N) is 2. The van der Waals surface area contributed by atoms with Crippen LogP contribution in [0.5, 0.6) is 0 Å². The van der Waals surface area contributed by atoms with Crippen LogP contribution in [-0.2, 0) is 6.54 Å². The number of hydrogen-bond acceptors (Lipinski definition) is 3. The van der Waals surface area contributed by atoms with Gasteiger partial charge in [0, 0.05) is 39.7 Å². The van der Waals surface area contributed by atoms with Gasteiger partial charge in [0.2, 0.25) is 0 Å². The van der Waals surface area contributed by atoms with E-state index in [-0.39, 0.29) is 5.91 Å². The van der Waals surface area contributed by atoms with E-state index in [4.69, 9.17) is 0 Å². The SMILES string of the molecule is CCn1c(NC(=O)c2ccccc2)c(C#N)c2ccc([NH+]=O)cc21. The number of anilines is 1. The maximum Gasteiger partial charge on any atom is 0.256 e. The van der Waals surface area contributed by atoms with Gasteiger partial charge in [0.1, 0.15) is 17.5 Å². The number of nitriles is 1. The molecule has 1 aromatic heterocycles. The summed E-state index contributed by atoms with van der Waals surface area (Å²) in [6.07, 6.45) is 0. The third-order valence-electron chi connectivity index (χ3n) is 3.88. The summed E-state index contributed by atoms with van der Waals surface area (Å²) in [6, 6.07) is 15.9. The smallest absolute Gasteiger partial charge is 0.256 e. The number of aromatic nitrogens is 1. The van der Waals surface area contributed by atoms with Crippen molar-refractivity contribution in [3.63, 3.8) is 0 Å². The molecule has 0 unspecified atom stereocenters. The van der Waals surface area contributed by atoms with Crippen molar-refractivity contribution in [1.82, 2.24) is 4.57 Å². The molecule has 3 rings (SSSR count). The number of nitrogens with one attached hydrogen (secondary N) is 2. The minimum Gasteiger partial charge on any atom is -0.326 e. The van der Waals surface area contributed by atoms with Gasteiger partial charge in [0.25, 0.3) is 11.6 Å². The van der Waals surface area contributed by atoms with Crippen LogP contribution in [-0.4, -0.2) is 10.5 Å². The molecule has 24 heavy (non-hydrogen) atoms. The molecule has 1 heterocycles. The number of aryl methyl sites for hydroxylation is 1. The average molecular weight is 319 g/mol. The Balaban J connectivity index is 2.14. The second-order valence-electron chi connectivity index (χ2n) is 5.23. The van der Waals surface area contributed by atoms with Gasteiger partial charge in [0.05, 0.1) is 5.52 Å². The molecular weight excluding hydrogens is 304 g/mol. The third kappa shape index (κ3) is 2.52. The van der Waals surface area contributed by atoms with E-state index in [1.54, 1.807) is 42.5 Å². The van der Waals surface area contributed by atoms with E-state index in [9.17, 15) is 15.0 Å². The molecule has 118 valence electrons. The minimum absolute atomic E-state index is 0.285. The summed E-state index contributed by atoms with van der Waals surface area (Å²) in [7, 11) is 0. The second-order valence-corrected chi connectivity index (χ2v) is 5.23. The van der Waals surface area contributed by atoms with Gasteiger partial charge in [-0.1, -0.05) is 18.2 Å². The van der Waals surface area contributed by atoms with Gasteiger partial charge in [-0.3, -0.25) is 4.79 Å². The van der Waals surface area contributed by atoms with Crippen LogP contribution in [0.2, 0.25) is 0 Å². The fourth-order valence-corrected chi connectivity index (χ4v) is 2.75. The maximum absolute atomic E-state index is 12.5. The summed E-state index contributed by atoms with van der Waals surface area (Å²) in [5.74, 6) is 0.152. The molecule has 0 aliphatic rings. The summed E-state index contributed by atoms with van der Waals surface area (Å²) in [6.45, 7) is 2.46. The summed E-state index contributed by atoms with van der Waals surface area (Å²) >= 11 is 0. The lowest BCUT2D eigenvalue weighted by atomic mass is 10.1. The van der Waals surface area contributed by atoms with E-state index in [1.165, 1.54) is 0 Å². The Morgan fingerprint density at radius 1 is 1.25 bits per heavy atom. The number of carbonyl (C=O) groups excluding carboxylic acids is 1. The van der Waals surface area contributed by atoms with Crippen molar-refractivity contribution in [3.8, 4) is 6.07 Å². The third-order valence-corrected chi connectivity index (χ3v) is 3.88. The quantitative estimate of drug-likeness (QED) is 0.773. The molecular formula is C18H15N4O2+. The Labute approximate surface area is 138 Å². The molecule has 0 spiro atoms. The molecule has 2 N–H and O–H groups in total. The molecule has 2 aromatic carbocycles. The number of hydrogen-bond donors (Lipinski definition) is 2.